The Kier molecular flexibility index (Phi) is 4.63. The van der Waals surface area contributed by atoms with E-state index in [1.807, 2.05) is 24.3 Å². The summed E-state index contributed by atoms with van der Waals surface area (Å²) in [6.45, 7) is 0.826. The summed E-state index contributed by atoms with van der Waals surface area (Å²) in [6.07, 6.45) is 0. The quantitative estimate of drug-likeness (QED) is 0.648. The highest BCUT2D eigenvalue weighted by atomic mass is 16.6. The predicted octanol–water partition coefficient (Wildman–Crippen LogP) is 1.98. The Labute approximate surface area is 121 Å². The van der Waals surface area contributed by atoms with Crippen LogP contribution >= 0.6 is 0 Å². The lowest BCUT2D eigenvalue weighted by atomic mass is 10.1. The van der Waals surface area contributed by atoms with Gasteiger partial charge in [-0.3, -0.25) is 14.9 Å². The molecule has 21 heavy (non-hydrogen) atoms. The lowest BCUT2D eigenvalue weighted by Crippen LogP contribution is -2.22. The van der Waals surface area contributed by atoms with E-state index in [0.29, 0.717) is 13.1 Å². The number of amides is 1. The zero-order chi connectivity index (χ0) is 15.2. The van der Waals surface area contributed by atoms with Crippen LogP contribution in [0.1, 0.15) is 21.5 Å². The molecule has 0 fully saturated rings. The van der Waals surface area contributed by atoms with Crippen LogP contribution in [-0.4, -0.2) is 10.8 Å². The maximum absolute atomic E-state index is 12.0. The van der Waals surface area contributed by atoms with Crippen LogP contribution in [0.5, 0.6) is 0 Å². The van der Waals surface area contributed by atoms with Gasteiger partial charge in [0.05, 0.1) is 4.92 Å². The number of nitrogens with zero attached hydrogens (tertiary/aromatic N) is 1. The highest BCUT2D eigenvalue weighted by Gasteiger charge is 2.11. The number of nitrogens with one attached hydrogen (secondary N) is 1. The summed E-state index contributed by atoms with van der Waals surface area (Å²) in [5, 5.41) is 13.4. The van der Waals surface area contributed by atoms with E-state index < -0.39 is 4.92 Å². The van der Waals surface area contributed by atoms with Gasteiger partial charge in [0, 0.05) is 30.8 Å². The standard InChI is InChI=1S/C15H15N3O3/c16-9-11-4-6-12(7-5-11)10-17-15(19)13-2-1-3-14(8-13)18(20)21/h1-8H,9-10,16H2,(H,17,19). The first-order valence-corrected chi connectivity index (χ1v) is 6.40. The molecule has 0 spiro atoms. The fourth-order valence-electron chi connectivity index (χ4n) is 1.84. The number of nitro groups is 1. The summed E-state index contributed by atoms with van der Waals surface area (Å²) in [7, 11) is 0. The van der Waals surface area contributed by atoms with E-state index >= 15 is 0 Å². The molecule has 3 N–H and O–H groups in total. The van der Waals surface area contributed by atoms with Gasteiger partial charge < -0.3 is 11.1 Å². The van der Waals surface area contributed by atoms with Crippen molar-refractivity contribution in [2.75, 3.05) is 0 Å². The minimum atomic E-state index is -0.525. The van der Waals surface area contributed by atoms with Crippen LogP contribution in [-0.2, 0) is 13.1 Å². The third-order valence-electron chi connectivity index (χ3n) is 3.03. The molecule has 0 saturated heterocycles. The van der Waals surface area contributed by atoms with Crippen molar-refractivity contribution in [3.05, 3.63) is 75.3 Å². The number of hydrogen-bond acceptors (Lipinski definition) is 4. The largest absolute Gasteiger partial charge is 0.348 e. The third kappa shape index (κ3) is 3.87. The van der Waals surface area contributed by atoms with E-state index in [1.165, 1.54) is 18.2 Å². The van der Waals surface area contributed by atoms with Gasteiger partial charge in [0.2, 0.25) is 0 Å². The molecule has 0 saturated carbocycles. The smallest absolute Gasteiger partial charge is 0.270 e. The summed E-state index contributed by atoms with van der Waals surface area (Å²) in [4.78, 5) is 22.1. The van der Waals surface area contributed by atoms with E-state index in [1.54, 1.807) is 6.07 Å². The van der Waals surface area contributed by atoms with Crippen LogP contribution in [0, 0.1) is 10.1 Å². The molecule has 108 valence electrons. The molecule has 0 aliphatic carbocycles. The molecule has 6 heteroatoms. The monoisotopic (exact) mass is 285 g/mol. The van der Waals surface area contributed by atoms with Gasteiger partial charge >= 0.3 is 0 Å². The van der Waals surface area contributed by atoms with Crippen LogP contribution < -0.4 is 11.1 Å². The number of rotatable bonds is 5. The summed E-state index contributed by atoms with van der Waals surface area (Å²) < 4.78 is 0. The maximum atomic E-state index is 12.0. The normalized spacial score (nSPS) is 10.1. The Balaban J connectivity index is 2.00. The fraction of sp³-hybridized carbons (Fsp3) is 0.133. The minimum Gasteiger partial charge on any atom is -0.348 e. The highest BCUT2D eigenvalue weighted by Crippen LogP contribution is 2.13. The van der Waals surface area contributed by atoms with Crippen molar-refractivity contribution in [2.45, 2.75) is 13.1 Å². The van der Waals surface area contributed by atoms with Crippen molar-refractivity contribution >= 4 is 11.6 Å². The van der Waals surface area contributed by atoms with Crippen molar-refractivity contribution in [1.29, 1.82) is 0 Å². The molecular weight excluding hydrogens is 270 g/mol. The first-order valence-electron chi connectivity index (χ1n) is 6.40. The number of benzene rings is 2. The second-order valence-corrected chi connectivity index (χ2v) is 4.51. The fourth-order valence-corrected chi connectivity index (χ4v) is 1.84. The number of hydrogen-bond donors (Lipinski definition) is 2. The van der Waals surface area contributed by atoms with Crippen molar-refractivity contribution in [3.63, 3.8) is 0 Å². The van der Waals surface area contributed by atoms with Crippen LogP contribution in [0.2, 0.25) is 0 Å². The van der Waals surface area contributed by atoms with E-state index in [0.717, 1.165) is 11.1 Å². The minimum absolute atomic E-state index is 0.102. The molecule has 0 atom stereocenters. The maximum Gasteiger partial charge on any atom is 0.270 e. The van der Waals surface area contributed by atoms with Gasteiger partial charge in [-0.15, -0.1) is 0 Å². The van der Waals surface area contributed by atoms with Gasteiger partial charge in [-0.25, -0.2) is 0 Å². The van der Waals surface area contributed by atoms with E-state index in [2.05, 4.69) is 5.32 Å². The SMILES string of the molecule is NCc1ccc(CNC(=O)c2cccc([N+](=O)[O-])c2)cc1. The number of carbonyl (C=O) groups excluding carboxylic acids is 1. The first-order chi connectivity index (χ1) is 10.1. The topological polar surface area (TPSA) is 98.3 Å². The van der Waals surface area contributed by atoms with E-state index in [-0.39, 0.29) is 17.2 Å². The molecule has 2 aromatic carbocycles. The Morgan fingerprint density at radius 3 is 2.43 bits per heavy atom. The molecule has 0 bridgehead atoms. The molecule has 0 aliphatic rings. The van der Waals surface area contributed by atoms with Gasteiger partial charge in [-0.2, -0.15) is 0 Å². The molecular formula is C15H15N3O3. The second-order valence-electron chi connectivity index (χ2n) is 4.51. The molecule has 2 aromatic rings. The van der Waals surface area contributed by atoms with Crippen molar-refractivity contribution < 1.29 is 9.72 Å². The highest BCUT2D eigenvalue weighted by molar-refractivity contribution is 5.94. The average molecular weight is 285 g/mol. The second kappa shape index (κ2) is 6.62. The van der Waals surface area contributed by atoms with E-state index in [4.69, 9.17) is 5.73 Å². The lowest BCUT2D eigenvalue weighted by Gasteiger charge is -2.06. The predicted molar refractivity (Wildman–Crippen MR) is 78.6 cm³/mol. The number of nitro benzene ring substituents is 1. The van der Waals surface area contributed by atoms with Crippen molar-refractivity contribution in [2.24, 2.45) is 5.73 Å². The molecule has 1 amide bonds. The summed E-state index contributed by atoms with van der Waals surface area (Å²) in [5.41, 5.74) is 7.63. The van der Waals surface area contributed by atoms with Gasteiger partial charge in [-0.05, 0) is 17.2 Å². The summed E-state index contributed by atoms with van der Waals surface area (Å²) in [6, 6.07) is 13.2. The van der Waals surface area contributed by atoms with E-state index in [9.17, 15) is 14.9 Å². The van der Waals surface area contributed by atoms with Crippen LogP contribution in [0.15, 0.2) is 48.5 Å². The molecule has 0 heterocycles. The summed E-state index contributed by atoms with van der Waals surface area (Å²) in [5.74, 6) is -0.346. The molecule has 0 radical (unpaired) electrons. The Morgan fingerprint density at radius 1 is 1.14 bits per heavy atom. The Bertz CT molecular complexity index is 653. The van der Waals surface area contributed by atoms with Crippen LogP contribution in [0.4, 0.5) is 5.69 Å². The van der Waals surface area contributed by atoms with Gasteiger partial charge in [-0.1, -0.05) is 30.3 Å². The molecule has 2 rings (SSSR count). The summed E-state index contributed by atoms with van der Waals surface area (Å²) >= 11 is 0. The molecule has 6 nitrogen and oxygen atoms in total. The lowest BCUT2D eigenvalue weighted by molar-refractivity contribution is -0.384. The van der Waals surface area contributed by atoms with Crippen LogP contribution in [0.3, 0.4) is 0 Å². The van der Waals surface area contributed by atoms with Gasteiger partial charge in [0.15, 0.2) is 0 Å². The van der Waals surface area contributed by atoms with Gasteiger partial charge in [0.25, 0.3) is 11.6 Å². The Morgan fingerprint density at radius 2 is 1.81 bits per heavy atom. The van der Waals surface area contributed by atoms with Crippen molar-refractivity contribution in [3.8, 4) is 0 Å². The number of carbonyl (C=O) groups is 1. The molecule has 0 unspecified atom stereocenters. The zero-order valence-electron chi connectivity index (χ0n) is 11.3. The first kappa shape index (κ1) is 14.7. The number of non-ortho nitro benzene ring substituents is 1. The average Bonchev–Trinajstić information content (AvgIpc) is 2.53. The zero-order valence-corrected chi connectivity index (χ0v) is 11.3. The molecule has 0 aromatic heterocycles. The van der Waals surface area contributed by atoms with Gasteiger partial charge in [0.1, 0.15) is 0 Å². The van der Waals surface area contributed by atoms with Crippen molar-refractivity contribution in [1.82, 2.24) is 5.32 Å². The number of nitrogens with two attached hydrogens (primary N) is 1. The Hall–Kier alpha value is -2.73. The molecule has 0 aliphatic heterocycles. The third-order valence-corrected chi connectivity index (χ3v) is 3.03. The van der Waals surface area contributed by atoms with Crippen LogP contribution in [0.25, 0.3) is 0 Å².